The Balaban J connectivity index is 2.33. The van der Waals surface area contributed by atoms with Gasteiger partial charge in [0.05, 0.1) is 12.3 Å². The predicted octanol–water partition coefficient (Wildman–Crippen LogP) is 3.11. The van der Waals surface area contributed by atoms with Gasteiger partial charge in [-0.3, -0.25) is 0 Å². The van der Waals surface area contributed by atoms with Crippen molar-refractivity contribution in [2.45, 2.75) is 64.8 Å². The fourth-order valence-corrected chi connectivity index (χ4v) is 2.62. The summed E-state index contributed by atoms with van der Waals surface area (Å²) in [5.41, 5.74) is 0.877. The average Bonchev–Trinajstić information content (AvgIpc) is 2.76. The van der Waals surface area contributed by atoms with Gasteiger partial charge in [-0.05, 0) is 25.1 Å². The normalized spacial score (nSPS) is 19.5. The third-order valence-corrected chi connectivity index (χ3v) is 8.48. The van der Waals surface area contributed by atoms with Crippen molar-refractivity contribution in [1.82, 2.24) is 0 Å². The third kappa shape index (κ3) is 4.59. The van der Waals surface area contributed by atoms with Crippen LogP contribution < -0.4 is 0 Å². The predicted molar refractivity (Wildman–Crippen MR) is 81.3 cm³/mol. The number of carbonyl (C=O) groups is 1. The number of rotatable bonds is 6. The zero-order valence-corrected chi connectivity index (χ0v) is 14.5. The van der Waals surface area contributed by atoms with Crippen LogP contribution in [-0.2, 0) is 18.8 Å². The van der Waals surface area contributed by atoms with Crippen LogP contribution in [-0.4, -0.2) is 39.3 Å². The van der Waals surface area contributed by atoms with Gasteiger partial charge in [0.2, 0.25) is 6.10 Å². The number of oxime groups is 1. The minimum absolute atomic E-state index is 0.203. The van der Waals surface area contributed by atoms with Gasteiger partial charge in [0.25, 0.3) is 0 Å². The van der Waals surface area contributed by atoms with E-state index in [1.807, 2.05) is 0 Å². The van der Waals surface area contributed by atoms with Crippen molar-refractivity contribution in [3.8, 4) is 0 Å². The van der Waals surface area contributed by atoms with Crippen molar-refractivity contribution >= 4 is 20.0 Å². The van der Waals surface area contributed by atoms with Gasteiger partial charge >= 0.3 is 5.97 Å². The lowest BCUT2D eigenvalue weighted by molar-refractivity contribution is -0.154. The van der Waals surface area contributed by atoms with Crippen LogP contribution in [0.25, 0.3) is 0 Å². The van der Waals surface area contributed by atoms with E-state index in [1.165, 1.54) is 0 Å². The first-order valence-electron chi connectivity index (χ1n) is 7.19. The maximum Gasteiger partial charge on any atom is 0.350 e. The summed E-state index contributed by atoms with van der Waals surface area (Å²) in [4.78, 5) is 16.6. The molecule has 0 aromatic heterocycles. The van der Waals surface area contributed by atoms with E-state index in [-0.39, 0.29) is 11.0 Å². The van der Waals surface area contributed by atoms with Crippen molar-refractivity contribution in [2.24, 2.45) is 5.16 Å². The van der Waals surface area contributed by atoms with Crippen molar-refractivity contribution in [3.05, 3.63) is 0 Å². The minimum atomic E-state index is -1.72. The van der Waals surface area contributed by atoms with Gasteiger partial charge in [-0.25, -0.2) is 4.79 Å². The summed E-state index contributed by atoms with van der Waals surface area (Å²) in [6.07, 6.45) is 0.653. The summed E-state index contributed by atoms with van der Waals surface area (Å²) in [7, 11) is -1.72. The molecule has 0 bridgehead atoms. The number of ether oxygens (including phenoxy) is 1. The van der Waals surface area contributed by atoms with Crippen LogP contribution in [0.3, 0.4) is 0 Å². The van der Waals surface area contributed by atoms with E-state index in [9.17, 15) is 4.79 Å². The van der Waals surface area contributed by atoms with Crippen molar-refractivity contribution in [2.75, 3.05) is 13.2 Å². The Kier molecular flexibility index (Phi) is 5.76. The van der Waals surface area contributed by atoms with Crippen LogP contribution in [0.2, 0.25) is 18.1 Å². The molecule has 0 fully saturated rings. The summed E-state index contributed by atoms with van der Waals surface area (Å²) in [6, 6.07) is 0. The monoisotopic (exact) mass is 301 g/mol. The Morgan fingerprint density at radius 3 is 2.65 bits per heavy atom. The molecule has 0 N–H and O–H groups in total. The molecule has 0 aromatic carbocycles. The Labute approximate surface area is 122 Å². The molecule has 1 rings (SSSR count). The highest BCUT2D eigenvalue weighted by molar-refractivity contribution is 6.74. The molecule has 1 heterocycles. The molecule has 20 heavy (non-hydrogen) atoms. The zero-order valence-electron chi connectivity index (χ0n) is 13.5. The molecule has 1 atom stereocenters. The topological polar surface area (TPSA) is 57.1 Å². The first-order chi connectivity index (χ1) is 9.17. The van der Waals surface area contributed by atoms with Crippen LogP contribution >= 0.6 is 0 Å². The van der Waals surface area contributed by atoms with Crippen molar-refractivity contribution in [3.63, 3.8) is 0 Å². The highest BCUT2D eigenvalue weighted by atomic mass is 28.4. The third-order valence-electron chi connectivity index (χ3n) is 3.94. The number of hydrogen-bond donors (Lipinski definition) is 0. The van der Waals surface area contributed by atoms with Crippen LogP contribution in [0.1, 0.15) is 40.5 Å². The standard InChI is InChI=1S/C14H27NO4Si/c1-7-17-13(16)12-10-11(15-19-12)8-9-18-20(5,6)14(2,3)4/h12H,7-10H2,1-6H3. The highest BCUT2D eigenvalue weighted by Crippen LogP contribution is 2.36. The Hall–Kier alpha value is -0.883. The number of hydrogen-bond acceptors (Lipinski definition) is 5. The molecule has 0 radical (unpaired) electrons. The largest absolute Gasteiger partial charge is 0.463 e. The van der Waals surface area contributed by atoms with Crippen LogP contribution in [0.15, 0.2) is 5.16 Å². The van der Waals surface area contributed by atoms with E-state index in [1.54, 1.807) is 6.92 Å². The summed E-state index contributed by atoms with van der Waals surface area (Å²) >= 11 is 0. The Morgan fingerprint density at radius 1 is 1.45 bits per heavy atom. The lowest BCUT2D eigenvalue weighted by atomic mass is 10.1. The summed E-state index contributed by atoms with van der Waals surface area (Å²) in [6.45, 7) is 13.9. The first kappa shape index (κ1) is 17.2. The van der Waals surface area contributed by atoms with Gasteiger partial charge in [0.1, 0.15) is 0 Å². The van der Waals surface area contributed by atoms with Crippen molar-refractivity contribution in [1.29, 1.82) is 0 Å². The molecule has 116 valence electrons. The molecule has 6 heteroatoms. The van der Waals surface area contributed by atoms with Gasteiger partial charge in [0, 0.05) is 19.4 Å². The van der Waals surface area contributed by atoms with E-state index >= 15 is 0 Å². The van der Waals surface area contributed by atoms with E-state index < -0.39 is 14.4 Å². The molecule has 5 nitrogen and oxygen atoms in total. The second-order valence-electron chi connectivity index (χ2n) is 6.57. The summed E-state index contributed by atoms with van der Waals surface area (Å²) < 4.78 is 11.0. The lowest BCUT2D eigenvalue weighted by Gasteiger charge is -2.36. The second-order valence-corrected chi connectivity index (χ2v) is 11.4. The Bertz CT molecular complexity index is 374. The molecule has 1 unspecified atom stereocenters. The zero-order chi connectivity index (χ0) is 15.4. The van der Waals surface area contributed by atoms with Crippen molar-refractivity contribution < 1.29 is 18.8 Å². The molecular formula is C14H27NO4Si. The van der Waals surface area contributed by atoms with E-state index in [4.69, 9.17) is 14.0 Å². The Morgan fingerprint density at radius 2 is 2.10 bits per heavy atom. The maximum absolute atomic E-state index is 11.5. The molecule has 0 aliphatic carbocycles. The molecule has 0 amide bonds. The SMILES string of the molecule is CCOC(=O)C1CC(CCO[Si](C)(C)C(C)(C)C)=NO1. The quantitative estimate of drug-likeness (QED) is 0.559. The smallest absolute Gasteiger partial charge is 0.350 e. The molecule has 1 aliphatic rings. The van der Waals surface area contributed by atoms with E-state index in [0.29, 0.717) is 26.1 Å². The van der Waals surface area contributed by atoms with Gasteiger partial charge in [0.15, 0.2) is 8.32 Å². The van der Waals surface area contributed by atoms with Gasteiger partial charge < -0.3 is 14.0 Å². The van der Waals surface area contributed by atoms with Crippen LogP contribution in [0, 0.1) is 0 Å². The second kappa shape index (κ2) is 6.71. The number of nitrogens with zero attached hydrogens (tertiary/aromatic N) is 1. The van der Waals surface area contributed by atoms with Crippen LogP contribution in [0.4, 0.5) is 0 Å². The van der Waals surface area contributed by atoms with Gasteiger partial charge in [-0.1, -0.05) is 25.9 Å². The minimum Gasteiger partial charge on any atom is -0.463 e. The number of esters is 1. The van der Waals surface area contributed by atoms with Crippen LogP contribution in [0.5, 0.6) is 0 Å². The van der Waals surface area contributed by atoms with E-state index in [0.717, 1.165) is 5.71 Å². The van der Waals surface area contributed by atoms with Gasteiger partial charge in [-0.2, -0.15) is 0 Å². The average molecular weight is 301 g/mol. The summed E-state index contributed by atoms with van der Waals surface area (Å²) in [5, 5.41) is 4.16. The molecule has 0 saturated carbocycles. The molecule has 0 saturated heterocycles. The lowest BCUT2D eigenvalue weighted by Crippen LogP contribution is -2.41. The molecule has 1 aliphatic heterocycles. The van der Waals surface area contributed by atoms with E-state index in [2.05, 4.69) is 39.0 Å². The maximum atomic E-state index is 11.5. The number of carbonyl (C=O) groups excluding carboxylic acids is 1. The fourth-order valence-electron chi connectivity index (χ4n) is 1.58. The molecular weight excluding hydrogens is 274 g/mol. The first-order valence-corrected chi connectivity index (χ1v) is 10.1. The van der Waals surface area contributed by atoms with Gasteiger partial charge in [-0.15, -0.1) is 0 Å². The molecule has 0 aromatic rings. The fraction of sp³-hybridized carbons (Fsp3) is 0.857. The summed E-state index contributed by atoms with van der Waals surface area (Å²) in [5.74, 6) is -0.337. The highest BCUT2D eigenvalue weighted by Gasteiger charge is 2.37. The molecule has 0 spiro atoms.